The van der Waals surface area contributed by atoms with E-state index in [1.807, 2.05) is 74.5 Å². The Labute approximate surface area is 120 Å². The van der Waals surface area contributed by atoms with Gasteiger partial charge in [0.1, 0.15) is 12.6 Å². The zero-order chi connectivity index (χ0) is 14.8. The first kappa shape index (κ1) is 15.8. The Morgan fingerprint density at radius 1 is 0.650 bits per heavy atom. The molecule has 0 N–H and O–H groups in total. The minimum atomic E-state index is 0.0289. The number of benzene rings is 2. The van der Waals surface area contributed by atoms with Crippen LogP contribution in [0, 0.1) is 0 Å². The van der Waals surface area contributed by atoms with E-state index >= 15 is 0 Å². The first-order valence-electron chi connectivity index (χ1n) is 6.69. The first-order valence-corrected chi connectivity index (χ1v) is 6.69. The van der Waals surface area contributed by atoms with Gasteiger partial charge in [0, 0.05) is 11.8 Å². The Morgan fingerprint density at radius 2 is 0.950 bits per heavy atom. The van der Waals surface area contributed by atoms with E-state index < -0.39 is 0 Å². The Bertz CT molecular complexity index is 456. The van der Waals surface area contributed by atoms with Gasteiger partial charge in [-0.1, -0.05) is 74.5 Å². The Hall–Kier alpha value is -2.22. The molecule has 2 unspecified atom stereocenters. The molecule has 2 aromatic carbocycles. The summed E-state index contributed by atoms with van der Waals surface area (Å²) in [5.74, 6) is 0.0578. The molecular weight excluding hydrogens is 248 g/mol. The first-order chi connectivity index (χ1) is 9.69. The highest BCUT2D eigenvalue weighted by Crippen LogP contribution is 2.11. The maximum absolute atomic E-state index is 10.3. The third kappa shape index (κ3) is 5.19. The van der Waals surface area contributed by atoms with Gasteiger partial charge in [-0.3, -0.25) is 0 Å². The van der Waals surface area contributed by atoms with Crippen molar-refractivity contribution in [2.45, 2.75) is 25.7 Å². The predicted octanol–water partition coefficient (Wildman–Crippen LogP) is 3.98. The van der Waals surface area contributed by atoms with E-state index in [9.17, 15) is 9.59 Å². The van der Waals surface area contributed by atoms with Crippen LogP contribution in [0.25, 0.3) is 0 Å². The second-order valence-electron chi connectivity index (χ2n) is 4.67. The van der Waals surface area contributed by atoms with Crippen molar-refractivity contribution in [2.24, 2.45) is 0 Å². The molecular formula is C18H20O2. The molecule has 2 atom stereocenters. The molecule has 104 valence electrons. The van der Waals surface area contributed by atoms with Gasteiger partial charge in [-0.25, -0.2) is 0 Å². The minimum absolute atomic E-state index is 0.0289. The van der Waals surface area contributed by atoms with Gasteiger partial charge in [0.2, 0.25) is 0 Å². The lowest BCUT2D eigenvalue weighted by Gasteiger charge is -2.00. The molecule has 0 saturated carbocycles. The Kier molecular flexibility index (Phi) is 6.97. The van der Waals surface area contributed by atoms with E-state index in [2.05, 4.69) is 0 Å². The average Bonchev–Trinajstić information content (AvgIpc) is 2.55. The molecule has 0 bridgehead atoms. The maximum atomic E-state index is 10.3. The second-order valence-corrected chi connectivity index (χ2v) is 4.67. The van der Waals surface area contributed by atoms with E-state index in [4.69, 9.17) is 0 Å². The highest BCUT2D eigenvalue weighted by molar-refractivity contribution is 5.61. The van der Waals surface area contributed by atoms with Crippen molar-refractivity contribution < 1.29 is 9.59 Å². The Morgan fingerprint density at radius 3 is 1.20 bits per heavy atom. The van der Waals surface area contributed by atoms with Gasteiger partial charge < -0.3 is 9.59 Å². The van der Waals surface area contributed by atoms with E-state index in [1.165, 1.54) is 0 Å². The van der Waals surface area contributed by atoms with Crippen molar-refractivity contribution in [3.63, 3.8) is 0 Å². The standard InChI is InChI=1S/2C9H10O/c2*1-8(7-10)9-5-3-2-4-6-9/h2*2-8H,1H3. The number of carbonyl (C=O) groups is 2. The smallest absolute Gasteiger partial charge is 0.127 e. The van der Waals surface area contributed by atoms with Gasteiger partial charge in [-0.15, -0.1) is 0 Å². The molecule has 0 aliphatic carbocycles. The van der Waals surface area contributed by atoms with Gasteiger partial charge in [0.15, 0.2) is 0 Å². The van der Waals surface area contributed by atoms with Crippen LogP contribution >= 0.6 is 0 Å². The van der Waals surface area contributed by atoms with Crippen molar-refractivity contribution >= 4 is 12.6 Å². The molecule has 0 amide bonds. The molecule has 2 aromatic rings. The number of rotatable bonds is 4. The zero-order valence-corrected chi connectivity index (χ0v) is 11.9. The molecule has 0 aliphatic rings. The summed E-state index contributed by atoms with van der Waals surface area (Å²) >= 11 is 0. The van der Waals surface area contributed by atoms with Crippen molar-refractivity contribution in [2.75, 3.05) is 0 Å². The van der Waals surface area contributed by atoms with Crippen LogP contribution in [-0.2, 0) is 9.59 Å². The lowest BCUT2D eigenvalue weighted by Crippen LogP contribution is -1.92. The molecule has 0 aromatic heterocycles. The van der Waals surface area contributed by atoms with Gasteiger partial charge >= 0.3 is 0 Å². The summed E-state index contributed by atoms with van der Waals surface area (Å²) in [6.07, 6.45) is 1.91. The Balaban J connectivity index is 0.000000200. The van der Waals surface area contributed by atoms with Gasteiger partial charge in [0.05, 0.1) is 0 Å². The highest BCUT2D eigenvalue weighted by atomic mass is 16.1. The number of carbonyl (C=O) groups excluding carboxylic acids is 2. The topological polar surface area (TPSA) is 34.1 Å². The number of aldehydes is 2. The van der Waals surface area contributed by atoms with E-state index in [1.54, 1.807) is 0 Å². The fourth-order valence-corrected chi connectivity index (χ4v) is 1.67. The zero-order valence-electron chi connectivity index (χ0n) is 11.9. The molecule has 2 heteroatoms. The lowest BCUT2D eigenvalue weighted by molar-refractivity contribution is -0.109. The van der Waals surface area contributed by atoms with Crippen LogP contribution in [0.4, 0.5) is 0 Å². The van der Waals surface area contributed by atoms with Crippen LogP contribution in [0.5, 0.6) is 0 Å². The molecule has 0 heterocycles. The molecule has 2 rings (SSSR count). The third-order valence-corrected chi connectivity index (χ3v) is 3.06. The lowest BCUT2D eigenvalue weighted by atomic mass is 10.0. The fourth-order valence-electron chi connectivity index (χ4n) is 1.67. The minimum Gasteiger partial charge on any atom is -0.303 e. The van der Waals surface area contributed by atoms with Crippen LogP contribution in [0.2, 0.25) is 0 Å². The quantitative estimate of drug-likeness (QED) is 0.786. The van der Waals surface area contributed by atoms with Gasteiger partial charge in [-0.2, -0.15) is 0 Å². The van der Waals surface area contributed by atoms with E-state index in [-0.39, 0.29) is 11.8 Å². The second kappa shape index (κ2) is 8.81. The molecule has 0 aliphatic heterocycles. The number of hydrogen-bond donors (Lipinski definition) is 0. The number of hydrogen-bond acceptors (Lipinski definition) is 2. The fraction of sp³-hybridized carbons (Fsp3) is 0.222. The van der Waals surface area contributed by atoms with Crippen molar-refractivity contribution in [1.82, 2.24) is 0 Å². The van der Waals surface area contributed by atoms with Crippen LogP contribution in [-0.4, -0.2) is 12.6 Å². The largest absolute Gasteiger partial charge is 0.303 e. The normalized spacial score (nSPS) is 12.5. The SMILES string of the molecule is CC(C=O)c1ccccc1.CC(C=O)c1ccccc1. The van der Waals surface area contributed by atoms with Crippen LogP contribution in [0.1, 0.15) is 36.8 Å². The maximum Gasteiger partial charge on any atom is 0.127 e. The monoisotopic (exact) mass is 268 g/mol. The van der Waals surface area contributed by atoms with Crippen molar-refractivity contribution in [1.29, 1.82) is 0 Å². The third-order valence-electron chi connectivity index (χ3n) is 3.06. The molecule has 0 saturated heterocycles. The summed E-state index contributed by atoms with van der Waals surface area (Å²) < 4.78 is 0. The van der Waals surface area contributed by atoms with E-state index in [0.717, 1.165) is 23.7 Å². The van der Waals surface area contributed by atoms with Gasteiger partial charge in [-0.05, 0) is 11.1 Å². The molecule has 0 radical (unpaired) electrons. The summed E-state index contributed by atoms with van der Waals surface area (Å²) in [7, 11) is 0. The van der Waals surface area contributed by atoms with Crippen LogP contribution in [0.3, 0.4) is 0 Å². The average molecular weight is 268 g/mol. The summed E-state index contributed by atoms with van der Waals surface area (Å²) in [6, 6.07) is 19.5. The van der Waals surface area contributed by atoms with E-state index in [0.29, 0.717) is 0 Å². The molecule has 20 heavy (non-hydrogen) atoms. The molecule has 2 nitrogen and oxygen atoms in total. The van der Waals surface area contributed by atoms with Gasteiger partial charge in [0.25, 0.3) is 0 Å². The predicted molar refractivity (Wildman–Crippen MR) is 81.8 cm³/mol. The van der Waals surface area contributed by atoms with Crippen molar-refractivity contribution in [3.05, 3.63) is 71.8 Å². The van der Waals surface area contributed by atoms with Crippen molar-refractivity contribution in [3.8, 4) is 0 Å². The summed E-state index contributed by atoms with van der Waals surface area (Å²) in [4.78, 5) is 20.6. The highest BCUT2D eigenvalue weighted by Gasteiger charge is 2.00. The summed E-state index contributed by atoms with van der Waals surface area (Å²) in [6.45, 7) is 3.78. The molecule has 0 spiro atoms. The molecule has 0 fully saturated rings. The van der Waals surface area contributed by atoms with Crippen LogP contribution in [0.15, 0.2) is 60.7 Å². The summed E-state index contributed by atoms with van der Waals surface area (Å²) in [5, 5.41) is 0. The summed E-state index contributed by atoms with van der Waals surface area (Å²) in [5.41, 5.74) is 2.16. The van der Waals surface area contributed by atoms with Crippen LogP contribution < -0.4 is 0 Å².